The lowest BCUT2D eigenvalue weighted by Crippen LogP contribution is -2.36. The highest BCUT2D eigenvalue weighted by Crippen LogP contribution is 2.44. The lowest BCUT2D eigenvalue weighted by atomic mass is 9.88. The second-order valence-corrected chi connectivity index (χ2v) is 10.6. The molecule has 0 spiro atoms. The Bertz CT molecular complexity index is 1300. The number of fused-ring (bicyclic) bond motifs is 2. The quantitative estimate of drug-likeness (QED) is 0.405. The van der Waals surface area contributed by atoms with Crippen LogP contribution in [0.25, 0.3) is 16.5 Å². The molecule has 6 heteroatoms. The minimum atomic E-state index is -0.297. The van der Waals surface area contributed by atoms with Gasteiger partial charge in [-0.3, -0.25) is 0 Å². The Kier molecular flexibility index (Phi) is 6.56. The van der Waals surface area contributed by atoms with Gasteiger partial charge in [0.15, 0.2) is 0 Å². The van der Waals surface area contributed by atoms with E-state index in [9.17, 15) is 4.79 Å². The molecule has 36 heavy (non-hydrogen) atoms. The highest BCUT2D eigenvalue weighted by Gasteiger charge is 2.32. The molecular formula is C30H36N2O4. The summed E-state index contributed by atoms with van der Waals surface area (Å²) >= 11 is 0. The van der Waals surface area contributed by atoms with Crippen LogP contribution in [-0.4, -0.2) is 54.9 Å². The number of hydrogen-bond acceptors (Lipinski definition) is 5. The second kappa shape index (κ2) is 9.66. The van der Waals surface area contributed by atoms with E-state index in [4.69, 9.17) is 14.2 Å². The van der Waals surface area contributed by atoms with Crippen molar-refractivity contribution in [1.29, 1.82) is 0 Å². The molecule has 3 heterocycles. The molecule has 5 rings (SSSR count). The number of rotatable bonds is 6. The van der Waals surface area contributed by atoms with Gasteiger partial charge in [0.2, 0.25) is 0 Å². The average Bonchev–Trinajstić information content (AvgIpc) is 3.29. The summed E-state index contributed by atoms with van der Waals surface area (Å²) in [5.41, 5.74) is 4.79. The average molecular weight is 489 g/mol. The van der Waals surface area contributed by atoms with Crippen LogP contribution in [0, 0.1) is 0 Å². The summed E-state index contributed by atoms with van der Waals surface area (Å²) in [5.74, 6) is 1.52. The zero-order valence-electron chi connectivity index (χ0n) is 21.8. The molecule has 0 aliphatic carbocycles. The predicted molar refractivity (Wildman–Crippen MR) is 143 cm³/mol. The maximum Gasteiger partial charge on any atom is 0.337 e. The first-order chi connectivity index (χ1) is 17.3. The molecule has 0 unspecified atom stereocenters. The fourth-order valence-electron chi connectivity index (χ4n) is 5.76. The summed E-state index contributed by atoms with van der Waals surface area (Å²) in [6, 6.07) is 12.5. The monoisotopic (exact) mass is 488 g/mol. The molecule has 1 saturated heterocycles. The van der Waals surface area contributed by atoms with Crippen molar-refractivity contribution in [2.24, 2.45) is 0 Å². The van der Waals surface area contributed by atoms with Crippen LogP contribution in [0.15, 0.2) is 49.2 Å². The van der Waals surface area contributed by atoms with E-state index < -0.39 is 0 Å². The second-order valence-electron chi connectivity index (χ2n) is 10.6. The van der Waals surface area contributed by atoms with Crippen LogP contribution in [0.3, 0.4) is 0 Å². The summed E-state index contributed by atoms with van der Waals surface area (Å²) in [5, 5.41) is 1.15. The van der Waals surface area contributed by atoms with Crippen LogP contribution in [0.2, 0.25) is 0 Å². The van der Waals surface area contributed by atoms with Gasteiger partial charge in [-0.25, -0.2) is 4.79 Å². The first kappa shape index (κ1) is 24.4. The Morgan fingerprint density at radius 1 is 1.14 bits per heavy atom. The molecule has 0 amide bonds. The Labute approximate surface area is 213 Å². The SMILES string of the molecule is C=C1CC(C)(C)Oc2c1ccc(OC)c2CCN1CCC(n2ccc3ccc(C(=O)OC)cc32)CC1. The van der Waals surface area contributed by atoms with Crippen LogP contribution in [0.5, 0.6) is 11.5 Å². The van der Waals surface area contributed by atoms with E-state index in [0.717, 1.165) is 84.4 Å². The van der Waals surface area contributed by atoms with E-state index >= 15 is 0 Å². The summed E-state index contributed by atoms with van der Waals surface area (Å²) in [6.45, 7) is 11.6. The van der Waals surface area contributed by atoms with E-state index in [2.05, 4.69) is 48.2 Å². The Morgan fingerprint density at radius 2 is 1.92 bits per heavy atom. The maximum atomic E-state index is 12.0. The zero-order valence-corrected chi connectivity index (χ0v) is 21.8. The van der Waals surface area contributed by atoms with Gasteiger partial charge in [0, 0.05) is 54.9 Å². The topological polar surface area (TPSA) is 52.9 Å². The molecule has 1 aromatic heterocycles. The normalized spacial score (nSPS) is 18.1. The smallest absolute Gasteiger partial charge is 0.337 e. The number of esters is 1. The van der Waals surface area contributed by atoms with E-state index in [1.807, 2.05) is 24.3 Å². The Morgan fingerprint density at radius 3 is 2.64 bits per heavy atom. The van der Waals surface area contributed by atoms with E-state index in [1.54, 1.807) is 7.11 Å². The van der Waals surface area contributed by atoms with Crippen molar-refractivity contribution in [3.63, 3.8) is 0 Å². The van der Waals surface area contributed by atoms with Gasteiger partial charge in [-0.05, 0) is 74.4 Å². The van der Waals surface area contributed by atoms with Gasteiger partial charge in [0.25, 0.3) is 0 Å². The lowest BCUT2D eigenvalue weighted by Gasteiger charge is -2.36. The molecule has 2 aromatic carbocycles. The number of carbonyl (C=O) groups is 1. The van der Waals surface area contributed by atoms with Gasteiger partial charge in [0.1, 0.15) is 17.1 Å². The Hall–Kier alpha value is -3.25. The largest absolute Gasteiger partial charge is 0.496 e. The highest BCUT2D eigenvalue weighted by molar-refractivity contribution is 5.94. The fraction of sp³-hybridized carbons (Fsp3) is 0.433. The Balaban J connectivity index is 1.28. The van der Waals surface area contributed by atoms with Gasteiger partial charge in [-0.1, -0.05) is 12.6 Å². The minimum Gasteiger partial charge on any atom is -0.496 e. The summed E-state index contributed by atoms with van der Waals surface area (Å²) < 4.78 is 19.4. The standard InChI is InChI=1S/C30H36N2O4/c1-20-19-30(2,3)36-28-24(20)8-9-27(34-4)25(28)13-16-31-14-11-23(12-15-31)32-17-10-21-6-7-22(18-26(21)32)29(33)35-5/h6-10,17-18,23H,1,11-16,19H2,2-5H3. The number of benzene rings is 2. The number of nitrogens with zero attached hydrogens (tertiary/aromatic N) is 2. The highest BCUT2D eigenvalue weighted by atomic mass is 16.5. The lowest BCUT2D eigenvalue weighted by molar-refractivity contribution is 0.0600. The number of methoxy groups -OCH3 is 2. The van der Waals surface area contributed by atoms with Crippen LogP contribution < -0.4 is 9.47 Å². The molecule has 3 aromatic rings. The number of ether oxygens (including phenoxy) is 3. The molecule has 190 valence electrons. The van der Waals surface area contributed by atoms with E-state index in [0.29, 0.717) is 11.6 Å². The molecule has 2 aliphatic heterocycles. The predicted octanol–water partition coefficient (Wildman–Crippen LogP) is 5.89. The van der Waals surface area contributed by atoms with Crippen molar-refractivity contribution in [3.05, 3.63) is 65.9 Å². The van der Waals surface area contributed by atoms with Crippen LogP contribution >= 0.6 is 0 Å². The van der Waals surface area contributed by atoms with Gasteiger partial charge >= 0.3 is 5.97 Å². The third-order valence-electron chi connectivity index (χ3n) is 7.61. The van der Waals surface area contributed by atoms with Crippen LogP contribution in [0.4, 0.5) is 0 Å². The van der Waals surface area contributed by atoms with Gasteiger partial charge in [-0.15, -0.1) is 0 Å². The molecule has 0 N–H and O–H groups in total. The van der Waals surface area contributed by atoms with E-state index in [1.165, 1.54) is 7.11 Å². The molecule has 2 aliphatic rings. The van der Waals surface area contributed by atoms with Crippen molar-refractivity contribution in [1.82, 2.24) is 9.47 Å². The van der Waals surface area contributed by atoms with Crippen molar-refractivity contribution >= 4 is 22.4 Å². The van der Waals surface area contributed by atoms with Crippen molar-refractivity contribution in [2.45, 2.75) is 51.2 Å². The van der Waals surface area contributed by atoms with Gasteiger partial charge in [-0.2, -0.15) is 0 Å². The minimum absolute atomic E-state index is 0.267. The van der Waals surface area contributed by atoms with Gasteiger partial charge in [0.05, 0.1) is 19.8 Å². The number of aromatic nitrogens is 1. The molecule has 0 bridgehead atoms. The van der Waals surface area contributed by atoms with Crippen molar-refractivity contribution in [2.75, 3.05) is 33.9 Å². The molecule has 0 saturated carbocycles. The molecule has 0 atom stereocenters. The number of hydrogen-bond donors (Lipinski definition) is 0. The van der Waals surface area contributed by atoms with Crippen LogP contribution in [0.1, 0.15) is 60.6 Å². The summed E-state index contributed by atoms with van der Waals surface area (Å²) in [7, 11) is 3.15. The third-order valence-corrected chi connectivity index (χ3v) is 7.61. The van der Waals surface area contributed by atoms with Crippen molar-refractivity contribution in [3.8, 4) is 11.5 Å². The third kappa shape index (κ3) is 4.62. The first-order valence-electron chi connectivity index (χ1n) is 12.8. The zero-order chi connectivity index (χ0) is 25.4. The molecule has 6 nitrogen and oxygen atoms in total. The summed E-state index contributed by atoms with van der Waals surface area (Å²) in [4.78, 5) is 14.6. The summed E-state index contributed by atoms with van der Waals surface area (Å²) in [6.07, 6.45) is 5.98. The molecular weight excluding hydrogens is 452 g/mol. The van der Waals surface area contributed by atoms with E-state index in [-0.39, 0.29) is 11.6 Å². The maximum absolute atomic E-state index is 12.0. The number of likely N-dealkylation sites (tertiary alicyclic amines) is 1. The van der Waals surface area contributed by atoms with Crippen molar-refractivity contribution < 1.29 is 19.0 Å². The number of piperidine rings is 1. The molecule has 1 fully saturated rings. The van der Waals surface area contributed by atoms with Crippen LogP contribution in [-0.2, 0) is 11.2 Å². The fourth-order valence-corrected chi connectivity index (χ4v) is 5.76. The first-order valence-corrected chi connectivity index (χ1v) is 12.8. The number of carbonyl (C=O) groups excluding carboxylic acids is 1. The van der Waals surface area contributed by atoms with Gasteiger partial charge < -0.3 is 23.7 Å². The molecule has 0 radical (unpaired) electrons.